The molecule has 0 saturated heterocycles. The van der Waals surface area contributed by atoms with E-state index in [0.717, 1.165) is 5.56 Å². The Kier molecular flexibility index (Phi) is 4.63. The molecule has 2 atom stereocenters. The molecule has 0 spiro atoms. The maximum Gasteiger partial charge on any atom is 0.306 e. The van der Waals surface area contributed by atoms with E-state index in [2.05, 4.69) is 0 Å². The second-order valence-corrected chi connectivity index (χ2v) is 4.87. The molecule has 0 amide bonds. The molecule has 0 saturated carbocycles. The maximum atomic E-state index is 10.8. The van der Waals surface area contributed by atoms with Crippen molar-refractivity contribution in [3.05, 3.63) is 33.8 Å². The van der Waals surface area contributed by atoms with Crippen LogP contribution in [0.15, 0.2) is 18.2 Å². The van der Waals surface area contributed by atoms with E-state index in [4.69, 9.17) is 28.3 Å². The Bertz CT molecular complexity index is 391. The van der Waals surface area contributed by atoms with Gasteiger partial charge in [-0.25, -0.2) is 0 Å². The molecule has 1 rings (SSSR count). The highest BCUT2D eigenvalue weighted by atomic mass is 35.5. The molecule has 1 N–H and O–H groups in total. The van der Waals surface area contributed by atoms with Gasteiger partial charge in [0.05, 0.1) is 16.0 Å². The summed E-state index contributed by atoms with van der Waals surface area (Å²) in [7, 11) is 0. The van der Waals surface area contributed by atoms with Crippen molar-refractivity contribution in [1.82, 2.24) is 0 Å². The Balaban J connectivity index is 2.73. The van der Waals surface area contributed by atoms with Gasteiger partial charge in [0.1, 0.15) is 0 Å². The Morgan fingerprint density at radius 1 is 1.31 bits per heavy atom. The van der Waals surface area contributed by atoms with E-state index in [-0.39, 0.29) is 11.8 Å². The first kappa shape index (κ1) is 13.3. The van der Waals surface area contributed by atoms with Crippen LogP contribution in [0.4, 0.5) is 0 Å². The summed E-state index contributed by atoms with van der Waals surface area (Å²) in [6.07, 6.45) is 0.685. The first-order valence-electron chi connectivity index (χ1n) is 5.08. The molecular formula is C12H14Cl2O2. The highest BCUT2D eigenvalue weighted by Gasteiger charge is 2.19. The number of rotatable bonds is 4. The number of carbonyl (C=O) groups is 1. The summed E-state index contributed by atoms with van der Waals surface area (Å²) in [4.78, 5) is 10.8. The van der Waals surface area contributed by atoms with Crippen LogP contribution in [0.2, 0.25) is 10.0 Å². The molecule has 0 aliphatic rings. The molecule has 0 bridgehead atoms. The van der Waals surface area contributed by atoms with Gasteiger partial charge in [-0.1, -0.05) is 43.1 Å². The molecule has 16 heavy (non-hydrogen) atoms. The number of carboxylic acid groups (broad SMARTS) is 1. The molecule has 0 radical (unpaired) electrons. The fourth-order valence-corrected chi connectivity index (χ4v) is 1.78. The van der Waals surface area contributed by atoms with Crippen LogP contribution in [-0.4, -0.2) is 11.1 Å². The first-order valence-corrected chi connectivity index (χ1v) is 5.84. The predicted octanol–water partition coefficient (Wildman–Crippen LogP) is 3.89. The van der Waals surface area contributed by atoms with Crippen molar-refractivity contribution in [2.45, 2.75) is 20.3 Å². The molecule has 0 aliphatic carbocycles. The van der Waals surface area contributed by atoms with E-state index in [9.17, 15) is 4.79 Å². The number of carboxylic acids is 1. The van der Waals surface area contributed by atoms with Crippen molar-refractivity contribution < 1.29 is 9.90 Å². The van der Waals surface area contributed by atoms with Gasteiger partial charge in [0.25, 0.3) is 0 Å². The third kappa shape index (κ3) is 3.39. The minimum absolute atomic E-state index is 0.0646. The van der Waals surface area contributed by atoms with Gasteiger partial charge in [-0.15, -0.1) is 0 Å². The molecule has 4 heteroatoms. The largest absolute Gasteiger partial charge is 0.481 e. The van der Waals surface area contributed by atoms with Crippen molar-refractivity contribution in [2.75, 3.05) is 0 Å². The van der Waals surface area contributed by atoms with Crippen molar-refractivity contribution in [2.24, 2.45) is 11.8 Å². The molecule has 0 aromatic heterocycles. The SMILES string of the molecule is CC(Cc1ccc(Cl)c(Cl)c1)C(C)C(=O)O. The number of hydrogen-bond acceptors (Lipinski definition) is 1. The zero-order valence-corrected chi connectivity index (χ0v) is 10.7. The van der Waals surface area contributed by atoms with Crippen LogP contribution >= 0.6 is 23.2 Å². The third-order valence-electron chi connectivity index (χ3n) is 2.78. The minimum Gasteiger partial charge on any atom is -0.481 e. The number of benzene rings is 1. The lowest BCUT2D eigenvalue weighted by Gasteiger charge is -2.16. The molecule has 0 heterocycles. The molecule has 88 valence electrons. The molecule has 2 nitrogen and oxygen atoms in total. The van der Waals surface area contributed by atoms with E-state index in [0.29, 0.717) is 16.5 Å². The van der Waals surface area contributed by atoms with E-state index in [1.807, 2.05) is 13.0 Å². The standard InChI is InChI=1S/C12H14Cl2O2/c1-7(8(2)12(15)16)5-9-3-4-10(13)11(14)6-9/h3-4,6-8H,5H2,1-2H3,(H,15,16). The Morgan fingerprint density at radius 3 is 2.44 bits per heavy atom. The van der Waals surface area contributed by atoms with Crippen molar-refractivity contribution in [1.29, 1.82) is 0 Å². The number of aliphatic carboxylic acids is 1. The van der Waals surface area contributed by atoms with Gasteiger partial charge in [0.2, 0.25) is 0 Å². The van der Waals surface area contributed by atoms with Crippen LogP contribution in [0.5, 0.6) is 0 Å². The van der Waals surface area contributed by atoms with Crippen LogP contribution in [-0.2, 0) is 11.2 Å². The fourth-order valence-electron chi connectivity index (χ4n) is 1.46. The van der Waals surface area contributed by atoms with Crippen LogP contribution < -0.4 is 0 Å². The van der Waals surface area contributed by atoms with Crippen LogP contribution in [0, 0.1) is 11.8 Å². The van der Waals surface area contributed by atoms with Gasteiger partial charge in [0.15, 0.2) is 0 Å². The summed E-state index contributed by atoms with van der Waals surface area (Å²) in [5.41, 5.74) is 1.01. The van der Waals surface area contributed by atoms with Gasteiger partial charge >= 0.3 is 5.97 Å². The fraction of sp³-hybridized carbons (Fsp3) is 0.417. The van der Waals surface area contributed by atoms with Gasteiger partial charge in [-0.3, -0.25) is 4.79 Å². The summed E-state index contributed by atoms with van der Waals surface area (Å²) >= 11 is 11.7. The average Bonchev–Trinajstić information content (AvgIpc) is 2.22. The lowest BCUT2D eigenvalue weighted by molar-refractivity contribution is -0.142. The van der Waals surface area contributed by atoms with Crippen LogP contribution in [0.25, 0.3) is 0 Å². The highest BCUT2D eigenvalue weighted by molar-refractivity contribution is 6.42. The average molecular weight is 261 g/mol. The predicted molar refractivity (Wildman–Crippen MR) is 66.1 cm³/mol. The summed E-state index contributed by atoms with van der Waals surface area (Å²) < 4.78 is 0. The Morgan fingerprint density at radius 2 is 1.94 bits per heavy atom. The van der Waals surface area contributed by atoms with Gasteiger partial charge in [-0.05, 0) is 30.0 Å². The number of halogens is 2. The zero-order valence-electron chi connectivity index (χ0n) is 9.21. The van der Waals surface area contributed by atoms with Crippen molar-refractivity contribution >= 4 is 29.2 Å². The topological polar surface area (TPSA) is 37.3 Å². The van der Waals surface area contributed by atoms with E-state index < -0.39 is 5.97 Å². The minimum atomic E-state index is -0.771. The Labute approximate surface area is 105 Å². The molecule has 2 unspecified atom stereocenters. The smallest absolute Gasteiger partial charge is 0.306 e. The molecule has 0 aliphatic heterocycles. The quantitative estimate of drug-likeness (QED) is 0.892. The molecule has 1 aromatic carbocycles. The van der Waals surface area contributed by atoms with Crippen molar-refractivity contribution in [3.8, 4) is 0 Å². The lowest BCUT2D eigenvalue weighted by atomic mass is 9.90. The van der Waals surface area contributed by atoms with Gasteiger partial charge < -0.3 is 5.11 Å². The highest BCUT2D eigenvalue weighted by Crippen LogP contribution is 2.25. The van der Waals surface area contributed by atoms with Gasteiger partial charge in [0, 0.05) is 0 Å². The third-order valence-corrected chi connectivity index (χ3v) is 3.52. The second kappa shape index (κ2) is 5.55. The molecular weight excluding hydrogens is 247 g/mol. The monoisotopic (exact) mass is 260 g/mol. The lowest BCUT2D eigenvalue weighted by Crippen LogP contribution is -2.19. The van der Waals surface area contributed by atoms with Crippen molar-refractivity contribution in [3.63, 3.8) is 0 Å². The summed E-state index contributed by atoms with van der Waals surface area (Å²) in [6.45, 7) is 3.63. The Hall–Kier alpha value is -0.730. The van der Waals surface area contributed by atoms with Crippen LogP contribution in [0.3, 0.4) is 0 Å². The van der Waals surface area contributed by atoms with Gasteiger partial charge in [-0.2, -0.15) is 0 Å². The van der Waals surface area contributed by atoms with E-state index >= 15 is 0 Å². The first-order chi connectivity index (χ1) is 7.41. The van der Waals surface area contributed by atoms with E-state index in [1.54, 1.807) is 19.1 Å². The zero-order chi connectivity index (χ0) is 12.3. The van der Waals surface area contributed by atoms with E-state index in [1.165, 1.54) is 0 Å². The summed E-state index contributed by atoms with van der Waals surface area (Å²) in [5, 5.41) is 9.91. The maximum absolute atomic E-state index is 10.8. The molecule has 1 aromatic rings. The van der Waals surface area contributed by atoms with Crippen LogP contribution in [0.1, 0.15) is 19.4 Å². The molecule has 0 fully saturated rings. The number of hydrogen-bond donors (Lipinski definition) is 1. The second-order valence-electron chi connectivity index (χ2n) is 4.06. The summed E-state index contributed by atoms with van der Waals surface area (Å²) in [6, 6.07) is 5.39. The normalized spacial score (nSPS) is 14.5. The summed E-state index contributed by atoms with van der Waals surface area (Å²) in [5.74, 6) is -1.07.